The lowest BCUT2D eigenvalue weighted by molar-refractivity contribution is -0.140. The number of nitrogens with one attached hydrogen (secondary N) is 1. The van der Waals surface area contributed by atoms with Crippen molar-refractivity contribution >= 4 is 30.2 Å². The van der Waals surface area contributed by atoms with Crippen molar-refractivity contribution in [3.8, 4) is 0 Å². The van der Waals surface area contributed by atoms with Crippen LogP contribution >= 0.6 is 15.9 Å². The van der Waals surface area contributed by atoms with Gasteiger partial charge in [-0.2, -0.15) is 0 Å². The molecule has 2 N–H and O–H groups in total. The number of amides is 1. The van der Waals surface area contributed by atoms with Gasteiger partial charge in [-0.15, -0.1) is 0 Å². The summed E-state index contributed by atoms with van der Waals surface area (Å²) < 4.78 is 6.31. The van der Waals surface area contributed by atoms with Crippen molar-refractivity contribution in [2.45, 2.75) is 70.5 Å². The summed E-state index contributed by atoms with van der Waals surface area (Å²) in [5.74, 6) is -0.0965. The van der Waals surface area contributed by atoms with Gasteiger partial charge in [0.15, 0.2) is 8.32 Å². The van der Waals surface area contributed by atoms with Gasteiger partial charge in [0.2, 0.25) is 5.91 Å². The summed E-state index contributed by atoms with van der Waals surface area (Å²) in [6.07, 6.45) is 0.0488. The molecule has 1 heterocycles. The van der Waals surface area contributed by atoms with E-state index in [4.69, 9.17) is 4.43 Å². The maximum Gasteiger partial charge on any atom is 0.228 e. The number of carbonyl (C=O) groups is 1. The molecule has 1 fully saturated rings. The first kappa shape index (κ1) is 18.1. The van der Waals surface area contributed by atoms with E-state index in [0.717, 1.165) is 0 Å². The highest BCUT2D eigenvalue weighted by Gasteiger charge is 2.47. The second kappa shape index (κ2) is 6.46. The van der Waals surface area contributed by atoms with Gasteiger partial charge < -0.3 is 14.8 Å². The molecule has 0 aromatic carbocycles. The van der Waals surface area contributed by atoms with Gasteiger partial charge >= 0.3 is 0 Å². The Bertz CT molecular complexity index is 357. The Kier molecular flexibility index (Phi) is 5.86. The predicted molar refractivity (Wildman–Crippen MR) is 87.6 cm³/mol. The second-order valence-electron chi connectivity index (χ2n) is 7.27. The predicted octanol–water partition coefficient (Wildman–Crippen LogP) is 2.66. The van der Waals surface area contributed by atoms with Gasteiger partial charge in [-0.1, -0.05) is 36.7 Å². The summed E-state index contributed by atoms with van der Waals surface area (Å²) in [5, 5.41) is 13.3. The molecule has 0 saturated carbocycles. The Hall–Kier alpha value is 0.0869. The van der Waals surface area contributed by atoms with E-state index in [1.165, 1.54) is 0 Å². The summed E-state index contributed by atoms with van der Waals surface area (Å²) in [6, 6.07) is 0.0230. The van der Waals surface area contributed by atoms with E-state index in [1.807, 2.05) is 6.92 Å². The first-order valence-corrected chi connectivity index (χ1v) is 11.2. The minimum absolute atomic E-state index is 0.0230. The van der Waals surface area contributed by atoms with Crippen molar-refractivity contribution in [3.05, 3.63) is 0 Å². The number of halogens is 1. The number of rotatable bonds is 6. The fourth-order valence-electron chi connectivity index (χ4n) is 2.27. The highest BCUT2D eigenvalue weighted by atomic mass is 79.9. The number of hydrogen-bond acceptors (Lipinski definition) is 3. The molecule has 118 valence electrons. The molecule has 0 aromatic heterocycles. The molecular formula is C14H28BrNO3Si. The van der Waals surface area contributed by atoms with Gasteiger partial charge in [-0.25, -0.2) is 0 Å². The molecular weight excluding hydrogens is 338 g/mol. The molecule has 1 saturated heterocycles. The van der Waals surface area contributed by atoms with Crippen LogP contribution in [0.1, 0.15) is 34.1 Å². The largest absolute Gasteiger partial charge is 0.413 e. The van der Waals surface area contributed by atoms with Crippen LogP contribution in [0.2, 0.25) is 18.1 Å². The lowest BCUT2D eigenvalue weighted by Crippen LogP contribution is -2.64. The van der Waals surface area contributed by atoms with Crippen LogP contribution in [0, 0.1) is 5.92 Å². The summed E-state index contributed by atoms with van der Waals surface area (Å²) in [5.41, 5.74) is 0. The molecule has 1 rings (SSSR count). The lowest BCUT2D eigenvalue weighted by atomic mass is 9.83. The Labute approximate surface area is 131 Å². The van der Waals surface area contributed by atoms with Gasteiger partial charge in [-0.3, -0.25) is 4.79 Å². The Balaban J connectivity index is 2.66. The van der Waals surface area contributed by atoms with Crippen LogP contribution in [0.3, 0.4) is 0 Å². The van der Waals surface area contributed by atoms with Crippen molar-refractivity contribution in [2.24, 2.45) is 5.92 Å². The van der Waals surface area contributed by atoms with Crippen LogP contribution in [0.5, 0.6) is 0 Å². The Morgan fingerprint density at radius 1 is 1.45 bits per heavy atom. The summed E-state index contributed by atoms with van der Waals surface area (Å²) >= 11 is 3.26. The quantitative estimate of drug-likeness (QED) is 0.432. The normalized spacial score (nSPS) is 26.7. The number of carbonyl (C=O) groups excluding carboxylic acids is 1. The van der Waals surface area contributed by atoms with Crippen LogP contribution in [0.25, 0.3) is 0 Å². The van der Waals surface area contributed by atoms with E-state index in [-0.39, 0.29) is 29.0 Å². The minimum atomic E-state index is -1.87. The number of hydrogen-bond donors (Lipinski definition) is 2. The second-order valence-corrected chi connectivity index (χ2v) is 12.7. The summed E-state index contributed by atoms with van der Waals surface area (Å²) in [6.45, 7) is 13.0. The number of aliphatic hydroxyl groups is 1. The molecule has 0 radical (unpaired) electrons. The zero-order valence-electron chi connectivity index (χ0n) is 13.4. The van der Waals surface area contributed by atoms with Crippen LogP contribution in [-0.2, 0) is 9.22 Å². The summed E-state index contributed by atoms with van der Waals surface area (Å²) in [4.78, 5) is 11.8. The topological polar surface area (TPSA) is 58.6 Å². The van der Waals surface area contributed by atoms with E-state index >= 15 is 0 Å². The molecule has 1 aliphatic heterocycles. The van der Waals surface area contributed by atoms with Crippen LogP contribution < -0.4 is 5.32 Å². The van der Waals surface area contributed by atoms with Gasteiger partial charge in [-0.05, 0) is 31.5 Å². The van der Waals surface area contributed by atoms with Crippen molar-refractivity contribution in [3.63, 3.8) is 0 Å². The molecule has 0 aliphatic carbocycles. The fraction of sp³-hybridized carbons (Fsp3) is 0.929. The molecule has 0 bridgehead atoms. The smallest absolute Gasteiger partial charge is 0.228 e. The zero-order valence-corrected chi connectivity index (χ0v) is 16.0. The standard InChI is InChI=1S/C14H28BrNO3Si/c1-9(19-20(5,6)14(2,3)4)12-11(16-13(12)18)7-10(17)8-15/h9-12,17H,7-8H2,1-6H3,(H,16,18)/t9-,10?,11-,12-/m1/s1. The SMILES string of the molecule is C[C@@H](O[Si](C)(C)C(C)(C)C)[C@H]1C(=O)N[C@@H]1CC(O)CBr. The fourth-order valence-corrected chi connectivity index (χ4v) is 3.97. The van der Waals surface area contributed by atoms with Crippen molar-refractivity contribution in [1.29, 1.82) is 0 Å². The molecule has 4 nitrogen and oxygen atoms in total. The van der Waals surface area contributed by atoms with Gasteiger partial charge in [0.05, 0.1) is 18.1 Å². The molecule has 0 aromatic rings. The van der Waals surface area contributed by atoms with Crippen LogP contribution in [0.4, 0.5) is 0 Å². The maximum atomic E-state index is 11.8. The highest BCUT2D eigenvalue weighted by Crippen LogP contribution is 2.39. The number of alkyl halides is 1. The van der Waals surface area contributed by atoms with Gasteiger partial charge in [0.25, 0.3) is 0 Å². The van der Waals surface area contributed by atoms with E-state index in [9.17, 15) is 9.90 Å². The van der Waals surface area contributed by atoms with Crippen molar-refractivity contribution in [1.82, 2.24) is 5.32 Å². The summed E-state index contributed by atoms with van der Waals surface area (Å²) in [7, 11) is -1.87. The number of aliphatic hydroxyl groups excluding tert-OH is 1. The third kappa shape index (κ3) is 4.05. The zero-order chi connectivity index (χ0) is 15.7. The van der Waals surface area contributed by atoms with Gasteiger partial charge in [0.1, 0.15) is 0 Å². The maximum absolute atomic E-state index is 11.8. The molecule has 1 unspecified atom stereocenters. The minimum Gasteiger partial charge on any atom is -0.413 e. The van der Waals surface area contributed by atoms with Crippen molar-refractivity contribution < 1.29 is 14.3 Å². The molecule has 20 heavy (non-hydrogen) atoms. The molecule has 1 aliphatic rings. The van der Waals surface area contributed by atoms with Crippen LogP contribution in [0.15, 0.2) is 0 Å². The Morgan fingerprint density at radius 3 is 2.40 bits per heavy atom. The van der Waals surface area contributed by atoms with E-state index < -0.39 is 14.4 Å². The monoisotopic (exact) mass is 365 g/mol. The third-order valence-corrected chi connectivity index (χ3v) is 9.88. The first-order valence-electron chi connectivity index (χ1n) is 7.22. The van der Waals surface area contributed by atoms with Gasteiger partial charge in [0, 0.05) is 11.4 Å². The molecule has 6 heteroatoms. The van der Waals surface area contributed by atoms with E-state index in [2.05, 4.69) is 55.1 Å². The molecule has 4 atom stereocenters. The average Bonchev–Trinajstić information content (AvgIpc) is 2.25. The average molecular weight is 366 g/mol. The third-order valence-electron chi connectivity index (χ3n) is 4.56. The molecule has 0 spiro atoms. The molecule has 1 amide bonds. The number of β-lactam (4-membered cyclic amide) rings is 1. The Morgan fingerprint density at radius 2 is 2.00 bits per heavy atom. The van der Waals surface area contributed by atoms with Crippen molar-refractivity contribution in [2.75, 3.05) is 5.33 Å². The highest BCUT2D eigenvalue weighted by molar-refractivity contribution is 9.09. The first-order chi connectivity index (χ1) is 8.99. The van der Waals surface area contributed by atoms with E-state index in [0.29, 0.717) is 11.8 Å². The van der Waals surface area contributed by atoms with Crippen LogP contribution in [-0.4, -0.2) is 42.9 Å². The lowest BCUT2D eigenvalue weighted by Gasteiger charge is -2.45. The van der Waals surface area contributed by atoms with E-state index in [1.54, 1.807) is 0 Å².